The number of aryl methyl sites for hydroxylation is 1. The number of piperidine rings is 1. The number of aromatic amines is 1. The number of nitrogens with zero attached hydrogens (tertiary/aromatic N) is 2. The van der Waals surface area contributed by atoms with Crippen LogP contribution in [0, 0.1) is 12.3 Å². The summed E-state index contributed by atoms with van der Waals surface area (Å²) in [5, 5.41) is 51.1. The third kappa shape index (κ3) is 6.69. The third-order valence-electron chi connectivity index (χ3n) is 8.95. The molecule has 2 aromatic rings. The molecular formula is C31H46N4O6. The van der Waals surface area contributed by atoms with Crippen LogP contribution in [-0.2, 0) is 11.2 Å². The fraction of sp³-hybridized carbons (Fsp3) is 0.645. The molecule has 1 aromatic heterocycles. The highest BCUT2D eigenvalue weighted by Gasteiger charge is 2.45. The molecule has 1 spiro atoms. The molecule has 1 aromatic carbocycles. The van der Waals surface area contributed by atoms with E-state index in [1.54, 1.807) is 0 Å². The van der Waals surface area contributed by atoms with Crippen LogP contribution in [0.4, 0.5) is 0 Å². The Morgan fingerprint density at radius 3 is 2.59 bits per heavy atom. The van der Waals surface area contributed by atoms with Crippen LogP contribution in [0.15, 0.2) is 24.3 Å². The first-order chi connectivity index (χ1) is 19.7. The van der Waals surface area contributed by atoms with Crippen molar-refractivity contribution in [2.45, 2.75) is 83.1 Å². The van der Waals surface area contributed by atoms with Gasteiger partial charge in [0.25, 0.3) is 0 Å². The van der Waals surface area contributed by atoms with E-state index in [-0.39, 0.29) is 11.8 Å². The second-order valence-electron chi connectivity index (χ2n) is 12.4. The molecule has 3 saturated heterocycles. The molecule has 226 valence electrons. The van der Waals surface area contributed by atoms with E-state index in [0.29, 0.717) is 11.8 Å². The van der Waals surface area contributed by atoms with Gasteiger partial charge in [-0.05, 0) is 67.3 Å². The average molecular weight is 571 g/mol. The first kappa shape index (κ1) is 30.2. The first-order valence-electron chi connectivity index (χ1n) is 14.9. The van der Waals surface area contributed by atoms with Crippen molar-refractivity contribution in [3.05, 3.63) is 52.2 Å². The Morgan fingerprint density at radius 2 is 1.90 bits per heavy atom. The molecule has 4 heterocycles. The number of likely N-dealkylation sites (tertiary alicyclic amines) is 1. The van der Waals surface area contributed by atoms with E-state index in [9.17, 15) is 20.4 Å². The van der Waals surface area contributed by atoms with E-state index in [0.717, 1.165) is 48.4 Å². The van der Waals surface area contributed by atoms with E-state index in [2.05, 4.69) is 71.5 Å². The summed E-state index contributed by atoms with van der Waals surface area (Å²) >= 11 is 0. The lowest BCUT2D eigenvalue weighted by Crippen LogP contribution is -2.60. The Bertz CT molecular complexity index is 1180. The van der Waals surface area contributed by atoms with Gasteiger partial charge in [0.15, 0.2) is 0 Å². The molecular weight excluding hydrogens is 524 g/mol. The molecule has 5 rings (SSSR count). The van der Waals surface area contributed by atoms with E-state index in [1.165, 1.54) is 31.5 Å². The summed E-state index contributed by atoms with van der Waals surface area (Å²) in [6, 6.07) is 6.44. The SMILES string of the molecule is Cc1cc(C=CCCN2CC3(CCNCC3)C2)ccc1Cc1c(OC2OC(CO)C(O)C(O)C2O)n[nH]c1C(C)C. The van der Waals surface area contributed by atoms with Gasteiger partial charge in [-0.3, -0.25) is 5.10 Å². The molecule has 0 aliphatic carbocycles. The quantitative estimate of drug-likeness (QED) is 0.252. The van der Waals surface area contributed by atoms with Gasteiger partial charge in [0, 0.05) is 37.3 Å². The topological polar surface area (TPSA) is 143 Å². The maximum Gasteiger partial charge on any atom is 0.238 e. The fourth-order valence-corrected chi connectivity index (χ4v) is 6.40. The smallest absolute Gasteiger partial charge is 0.238 e. The zero-order valence-electron chi connectivity index (χ0n) is 24.4. The van der Waals surface area contributed by atoms with Crippen molar-refractivity contribution in [3.8, 4) is 5.88 Å². The van der Waals surface area contributed by atoms with E-state index < -0.39 is 37.3 Å². The van der Waals surface area contributed by atoms with Gasteiger partial charge in [0.2, 0.25) is 12.2 Å². The van der Waals surface area contributed by atoms with Crippen LogP contribution in [0.1, 0.15) is 67.0 Å². The van der Waals surface area contributed by atoms with Gasteiger partial charge in [0.1, 0.15) is 24.4 Å². The summed E-state index contributed by atoms with van der Waals surface area (Å²) in [5.41, 5.74) is 5.76. The summed E-state index contributed by atoms with van der Waals surface area (Å²) < 4.78 is 11.5. The minimum atomic E-state index is -1.52. The molecule has 3 aliphatic heterocycles. The number of benzene rings is 1. The number of H-pyrrole nitrogens is 1. The van der Waals surface area contributed by atoms with Gasteiger partial charge in [-0.25, -0.2) is 0 Å². The molecule has 6 N–H and O–H groups in total. The maximum absolute atomic E-state index is 10.5. The number of rotatable bonds is 10. The second kappa shape index (κ2) is 12.9. The van der Waals surface area contributed by atoms with Crippen molar-refractivity contribution in [1.29, 1.82) is 0 Å². The van der Waals surface area contributed by atoms with Crippen molar-refractivity contribution in [2.24, 2.45) is 5.41 Å². The number of ether oxygens (including phenoxy) is 2. The van der Waals surface area contributed by atoms with Crippen molar-refractivity contribution in [1.82, 2.24) is 20.4 Å². The van der Waals surface area contributed by atoms with Crippen molar-refractivity contribution < 1.29 is 29.9 Å². The van der Waals surface area contributed by atoms with Crippen LogP contribution in [-0.4, -0.2) is 106 Å². The highest BCUT2D eigenvalue weighted by molar-refractivity contribution is 5.52. The number of aliphatic hydroxyl groups is 4. The Balaban J connectivity index is 1.21. The highest BCUT2D eigenvalue weighted by atomic mass is 16.7. The summed E-state index contributed by atoms with van der Waals surface area (Å²) in [7, 11) is 0. The largest absolute Gasteiger partial charge is 0.443 e. The zero-order valence-corrected chi connectivity index (χ0v) is 24.4. The summed E-state index contributed by atoms with van der Waals surface area (Å²) in [4.78, 5) is 2.57. The number of aromatic nitrogens is 2. The lowest BCUT2D eigenvalue weighted by molar-refractivity contribution is -0.278. The molecule has 0 bridgehead atoms. The number of hydrogen-bond donors (Lipinski definition) is 6. The van der Waals surface area contributed by atoms with Crippen molar-refractivity contribution in [3.63, 3.8) is 0 Å². The first-order valence-corrected chi connectivity index (χ1v) is 14.9. The van der Waals surface area contributed by atoms with Gasteiger partial charge in [-0.2, -0.15) is 0 Å². The van der Waals surface area contributed by atoms with Crippen molar-refractivity contribution >= 4 is 6.08 Å². The molecule has 10 nitrogen and oxygen atoms in total. The van der Waals surface area contributed by atoms with Crippen LogP contribution in [0.2, 0.25) is 0 Å². The monoisotopic (exact) mass is 570 g/mol. The van der Waals surface area contributed by atoms with E-state index >= 15 is 0 Å². The lowest BCUT2D eigenvalue weighted by Gasteiger charge is -2.52. The maximum atomic E-state index is 10.5. The van der Waals surface area contributed by atoms with Crippen LogP contribution in [0.25, 0.3) is 6.08 Å². The number of nitrogens with one attached hydrogen (secondary N) is 2. The predicted octanol–water partition coefficient (Wildman–Crippen LogP) is 1.70. The van der Waals surface area contributed by atoms with E-state index in [1.807, 2.05) is 0 Å². The number of hydrogen-bond acceptors (Lipinski definition) is 9. The second-order valence-corrected chi connectivity index (χ2v) is 12.4. The number of aliphatic hydroxyl groups excluding tert-OH is 4. The molecule has 0 amide bonds. The van der Waals surface area contributed by atoms with Crippen molar-refractivity contribution in [2.75, 3.05) is 39.3 Å². The minimum absolute atomic E-state index is 0.142. The minimum Gasteiger partial charge on any atom is -0.443 e. The predicted molar refractivity (Wildman–Crippen MR) is 156 cm³/mol. The lowest BCUT2D eigenvalue weighted by atomic mass is 9.72. The van der Waals surface area contributed by atoms with Gasteiger partial charge < -0.3 is 40.1 Å². The van der Waals surface area contributed by atoms with Crippen LogP contribution in [0.3, 0.4) is 0 Å². The average Bonchev–Trinajstić information content (AvgIpc) is 3.34. The van der Waals surface area contributed by atoms with Crippen LogP contribution in [0.5, 0.6) is 5.88 Å². The zero-order chi connectivity index (χ0) is 29.1. The molecule has 10 heteroatoms. The summed E-state index contributed by atoms with van der Waals surface area (Å²) in [6.45, 7) is 11.6. The van der Waals surface area contributed by atoms with Gasteiger partial charge in [-0.15, -0.1) is 5.10 Å². The molecule has 5 atom stereocenters. The molecule has 3 fully saturated rings. The molecule has 3 aliphatic rings. The summed E-state index contributed by atoms with van der Waals surface area (Å²) in [5.74, 6) is 0.405. The Morgan fingerprint density at radius 1 is 1.15 bits per heavy atom. The molecule has 0 saturated carbocycles. The van der Waals surface area contributed by atoms with Gasteiger partial charge >= 0.3 is 0 Å². The normalized spacial score (nSPS) is 28.4. The third-order valence-corrected chi connectivity index (χ3v) is 8.95. The molecule has 41 heavy (non-hydrogen) atoms. The standard InChI is InChI=1S/C31H46N4O6/c1-19(2)25-23(29(34-33-25)41-30-28(39)27(38)26(37)24(16-36)40-30)15-22-8-7-21(14-20(22)3)6-4-5-13-35-17-31(18-35)9-11-32-12-10-31/h4,6-8,14,19,24,26-28,30,32,36-39H,5,9-13,15-18H2,1-3H3,(H,33,34). The van der Waals surface area contributed by atoms with Gasteiger partial charge in [0.05, 0.1) is 6.61 Å². The fourth-order valence-electron chi connectivity index (χ4n) is 6.40. The van der Waals surface area contributed by atoms with Crippen LogP contribution >= 0.6 is 0 Å². The Kier molecular flexibility index (Phi) is 9.50. The molecule has 0 radical (unpaired) electrons. The Hall–Kier alpha value is -2.31. The summed E-state index contributed by atoms with van der Waals surface area (Å²) in [6.07, 6.45) is 1.87. The van der Waals surface area contributed by atoms with Crippen LogP contribution < -0.4 is 10.1 Å². The van der Waals surface area contributed by atoms with E-state index in [4.69, 9.17) is 9.47 Å². The van der Waals surface area contributed by atoms with Gasteiger partial charge in [-0.1, -0.05) is 44.2 Å². The molecule has 5 unspecified atom stereocenters. The Labute approximate surface area is 242 Å². The highest BCUT2D eigenvalue weighted by Crippen LogP contribution is 2.38.